The maximum absolute atomic E-state index is 4.30. The fourth-order valence-electron chi connectivity index (χ4n) is 2.81. The van der Waals surface area contributed by atoms with Crippen molar-refractivity contribution in [2.45, 2.75) is 33.1 Å². The van der Waals surface area contributed by atoms with Gasteiger partial charge in [0.15, 0.2) is 0 Å². The Hall–Kier alpha value is -2.08. The van der Waals surface area contributed by atoms with Crippen LogP contribution in [-0.4, -0.2) is 0 Å². The molecule has 0 N–H and O–H groups in total. The van der Waals surface area contributed by atoms with Gasteiger partial charge in [0.2, 0.25) is 0 Å². The van der Waals surface area contributed by atoms with Crippen molar-refractivity contribution in [2.75, 3.05) is 0 Å². The molecule has 0 aromatic heterocycles. The normalized spacial score (nSPS) is 17.2. The lowest BCUT2D eigenvalue weighted by atomic mass is 9.92. The molecular formula is C21H26. The fraction of sp³-hybridized carbons (Fsp3) is 0.238. The first-order valence-corrected chi connectivity index (χ1v) is 7.63. The van der Waals surface area contributed by atoms with E-state index in [1.165, 1.54) is 27.9 Å². The van der Waals surface area contributed by atoms with Crippen LogP contribution in [0.4, 0.5) is 0 Å². The maximum Gasteiger partial charge on any atom is -0.00732 e. The van der Waals surface area contributed by atoms with Gasteiger partial charge in [0.05, 0.1) is 0 Å². The average Bonchev–Trinajstić information content (AvgIpc) is 2.82. The summed E-state index contributed by atoms with van der Waals surface area (Å²) in [5.74, 6) is 0. The second kappa shape index (κ2) is 8.26. The quantitative estimate of drug-likeness (QED) is 0.403. The fourth-order valence-corrected chi connectivity index (χ4v) is 2.81. The van der Waals surface area contributed by atoms with Gasteiger partial charge >= 0.3 is 0 Å². The third-order valence-corrected chi connectivity index (χ3v) is 3.60. The average molecular weight is 278 g/mol. The van der Waals surface area contributed by atoms with E-state index < -0.39 is 0 Å². The molecule has 2 aliphatic rings. The van der Waals surface area contributed by atoms with E-state index in [-0.39, 0.29) is 0 Å². The van der Waals surface area contributed by atoms with Crippen molar-refractivity contribution >= 4 is 0 Å². The highest BCUT2D eigenvalue weighted by molar-refractivity contribution is 5.74. The molecule has 0 saturated heterocycles. The second-order valence-corrected chi connectivity index (χ2v) is 4.73. The molecule has 0 saturated carbocycles. The highest BCUT2D eigenvalue weighted by atomic mass is 14.3. The van der Waals surface area contributed by atoms with E-state index in [0.717, 1.165) is 24.8 Å². The maximum atomic E-state index is 4.30. The lowest BCUT2D eigenvalue weighted by molar-refractivity contribution is 0.971. The van der Waals surface area contributed by atoms with Crippen LogP contribution in [-0.2, 0) is 0 Å². The minimum Gasteiger partial charge on any atom is -0.103 e. The highest BCUT2D eigenvalue weighted by Gasteiger charge is 2.27. The molecule has 0 fully saturated rings. The van der Waals surface area contributed by atoms with Crippen LogP contribution in [0.25, 0.3) is 0 Å². The van der Waals surface area contributed by atoms with Crippen molar-refractivity contribution in [3.63, 3.8) is 0 Å². The Balaban J connectivity index is 0.00000106. The van der Waals surface area contributed by atoms with Gasteiger partial charge in [-0.1, -0.05) is 70.0 Å². The van der Waals surface area contributed by atoms with Crippen molar-refractivity contribution in [1.29, 1.82) is 0 Å². The summed E-state index contributed by atoms with van der Waals surface area (Å²) in [5.41, 5.74) is 7.43. The van der Waals surface area contributed by atoms with Crippen molar-refractivity contribution in [3.05, 3.63) is 96.2 Å². The summed E-state index contributed by atoms with van der Waals surface area (Å²) >= 11 is 0. The number of allylic oxidation sites excluding steroid dienone is 12. The Morgan fingerprint density at radius 1 is 1.24 bits per heavy atom. The van der Waals surface area contributed by atoms with E-state index in [1.807, 2.05) is 38.2 Å². The van der Waals surface area contributed by atoms with E-state index in [9.17, 15) is 0 Å². The smallest absolute Gasteiger partial charge is 0.00732 e. The highest BCUT2D eigenvalue weighted by Crippen LogP contribution is 2.45. The van der Waals surface area contributed by atoms with Gasteiger partial charge in [-0.05, 0) is 52.7 Å². The van der Waals surface area contributed by atoms with Crippen LogP contribution in [0, 0.1) is 0 Å². The minimum atomic E-state index is 0.821. The molecule has 0 spiro atoms. The van der Waals surface area contributed by atoms with Gasteiger partial charge in [-0.2, -0.15) is 0 Å². The molecule has 0 aromatic carbocycles. The predicted molar refractivity (Wildman–Crippen MR) is 96.2 cm³/mol. The van der Waals surface area contributed by atoms with Crippen molar-refractivity contribution in [2.24, 2.45) is 0 Å². The lowest BCUT2D eigenvalue weighted by Crippen LogP contribution is -1.94. The van der Waals surface area contributed by atoms with Gasteiger partial charge in [-0.15, -0.1) is 6.58 Å². The molecule has 110 valence electrons. The molecule has 0 aromatic rings. The zero-order valence-electron chi connectivity index (χ0n) is 13.4. The zero-order chi connectivity index (χ0) is 15.8. The molecule has 0 heteroatoms. The van der Waals surface area contributed by atoms with E-state index in [0.29, 0.717) is 0 Å². The summed E-state index contributed by atoms with van der Waals surface area (Å²) in [6.07, 6.45) is 15.2. The van der Waals surface area contributed by atoms with Crippen LogP contribution >= 0.6 is 0 Å². The summed E-state index contributed by atoms with van der Waals surface area (Å²) < 4.78 is 0. The number of hydrogen-bond donors (Lipinski definition) is 0. The lowest BCUT2D eigenvalue weighted by Gasteiger charge is -2.12. The molecule has 2 rings (SSSR count). The van der Waals surface area contributed by atoms with E-state index in [1.54, 1.807) is 0 Å². The Bertz CT molecular complexity index is 571. The van der Waals surface area contributed by atoms with Crippen molar-refractivity contribution in [1.82, 2.24) is 0 Å². The number of hydrogen-bond acceptors (Lipinski definition) is 0. The molecule has 0 radical (unpaired) electrons. The van der Waals surface area contributed by atoms with E-state index in [2.05, 4.69) is 38.5 Å². The van der Waals surface area contributed by atoms with Crippen LogP contribution in [0.15, 0.2) is 96.2 Å². The van der Waals surface area contributed by atoms with Crippen molar-refractivity contribution < 1.29 is 0 Å². The van der Waals surface area contributed by atoms with E-state index >= 15 is 0 Å². The second-order valence-electron chi connectivity index (χ2n) is 4.73. The molecule has 0 unspecified atom stereocenters. The Morgan fingerprint density at radius 3 is 2.52 bits per heavy atom. The molecule has 0 heterocycles. The molecule has 0 nitrogen and oxygen atoms in total. The zero-order valence-corrected chi connectivity index (χ0v) is 13.4. The topological polar surface area (TPSA) is 0 Å². The SMILES string of the molecule is C=C/C=C(/CC=C)C1=C(C=C)C2=C(CCC=C2)C1=C.CC. The Kier molecular flexibility index (Phi) is 6.68. The van der Waals surface area contributed by atoms with E-state index in [4.69, 9.17) is 0 Å². The molecule has 2 aliphatic carbocycles. The van der Waals surface area contributed by atoms with Crippen LogP contribution in [0.2, 0.25) is 0 Å². The van der Waals surface area contributed by atoms with Crippen LogP contribution < -0.4 is 0 Å². The first-order chi connectivity index (χ1) is 10.2. The van der Waals surface area contributed by atoms with Gasteiger partial charge in [0.25, 0.3) is 0 Å². The monoisotopic (exact) mass is 278 g/mol. The summed E-state index contributed by atoms with van der Waals surface area (Å²) in [5, 5.41) is 0. The molecule has 0 amide bonds. The van der Waals surface area contributed by atoms with Gasteiger partial charge in [-0.3, -0.25) is 0 Å². The summed E-state index contributed by atoms with van der Waals surface area (Å²) in [6.45, 7) is 19.9. The largest absolute Gasteiger partial charge is 0.103 e. The minimum absolute atomic E-state index is 0.821. The summed E-state index contributed by atoms with van der Waals surface area (Å²) in [4.78, 5) is 0. The van der Waals surface area contributed by atoms with Crippen LogP contribution in [0.5, 0.6) is 0 Å². The van der Waals surface area contributed by atoms with Gasteiger partial charge < -0.3 is 0 Å². The van der Waals surface area contributed by atoms with Gasteiger partial charge in [-0.25, -0.2) is 0 Å². The molecule has 0 aliphatic heterocycles. The third-order valence-electron chi connectivity index (χ3n) is 3.60. The first kappa shape index (κ1) is 17.0. The summed E-state index contributed by atoms with van der Waals surface area (Å²) in [6, 6.07) is 0. The molecule has 21 heavy (non-hydrogen) atoms. The Morgan fingerprint density at radius 2 is 1.95 bits per heavy atom. The van der Waals surface area contributed by atoms with Gasteiger partial charge in [0.1, 0.15) is 0 Å². The summed E-state index contributed by atoms with van der Waals surface area (Å²) in [7, 11) is 0. The number of rotatable bonds is 5. The predicted octanol–water partition coefficient (Wildman–Crippen LogP) is 6.40. The van der Waals surface area contributed by atoms with Gasteiger partial charge in [0, 0.05) is 0 Å². The van der Waals surface area contributed by atoms with Crippen LogP contribution in [0.1, 0.15) is 33.1 Å². The van der Waals surface area contributed by atoms with Crippen LogP contribution in [0.3, 0.4) is 0 Å². The molecule has 0 atom stereocenters. The Labute approximate surface area is 130 Å². The first-order valence-electron chi connectivity index (χ1n) is 7.63. The molecule has 0 bridgehead atoms. The third kappa shape index (κ3) is 3.33. The standard InChI is InChI=1S/C19H20.C2H6/c1-5-10-15(11-6-2)19-14(4)17-12-8-9-13-18(17)16(19)7-3;1-2/h5-7,9-10,13H,1-4,8,11-12H2;1-2H3/b15-10-;. The molecular weight excluding hydrogens is 252 g/mol. The van der Waals surface area contributed by atoms with Crippen molar-refractivity contribution in [3.8, 4) is 0 Å².